The van der Waals surface area contributed by atoms with Crippen LogP contribution in [0.3, 0.4) is 0 Å². The summed E-state index contributed by atoms with van der Waals surface area (Å²) in [5.41, 5.74) is 0.612. The molecule has 2 amide bonds. The molecule has 0 aromatic heterocycles. The zero-order valence-corrected chi connectivity index (χ0v) is 15.2. The van der Waals surface area contributed by atoms with Gasteiger partial charge in [0.1, 0.15) is 5.75 Å². The second-order valence-corrected chi connectivity index (χ2v) is 6.75. The maximum atomic E-state index is 13.3. The Morgan fingerprint density at radius 3 is 2.41 bits per heavy atom. The van der Waals surface area contributed by atoms with E-state index in [2.05, 4.69) is 0 Å². The number of para-hydroxylation sites is 1. The molecule has 4 rings (SSSR count). The maximum absolute atomic E-state index is 13.3. The molecule has 5 nitrogen and oxygen atoms in total. The third-order valence-corrected chi connectivity index (χ3v) is 5.13. The predicted molar refractivity (Wildman–Crippen MR) is 102 cm³/mol. The van der Waals surface area contributed by atoms with Gasteiger partial charge in [-0.3, -0.25) is 9.59 Å². The summed E-state index contributed by atoms with van der Waals surface area (Å²) >= 11 is 0. The van der Waals surface area contributed by atoms with Crippen LogP contribution in [0.25, 0.3) is 6.08 Å². The van der Waals surface area contributed by atoms with Gasteiger partial charge < -0.3 is 9.47 Å². The lowest BCUT2D eigenvalue weighted by molar-refractivity contribution is -0.140. The Hall–Kier alpha value is -2.92. The highest BCUT2D eigenvalue weighted by molar-refractivity contribution is 6.33. The van der Waals surface area contributed by atoms with Crippen LogP contribution >= 0.6 is 0 Å². The second kappa shape index (κ2) is 7.00. The van der Waals surface area contributed by atoms with Crippen LogP contribution in [0.1, 0.15) is 24.8 Å². The van der Waals surface area contributed by atoms with E-state index >= 15 is 0 Å². The molecule has 2 aromatic carbocycles. The van der Waals surface area contributed by atoms with Crippen molar-refractivity contribution in [2.24, 2.45) is 0 Å². The van der Waals surface area contributed by atoms with Crippen LogP contribution in [0.2, 0.25) is 0 Å². The fourth-order valence-electron chi connectivity index (χ4n) is 3.71. The van der Waals surface area contributed by atoms with Crippen molar-refractivity contribution in [1.29, 1.82) is 0 Å². The largest absolute Gasteiger partial charge is 0.497 e. The van der Waals surface area contributed by atoms with Gasteiger partial charge in [0.05, 0.1) is 18.4 Å². The van der Waals surface area contributed by atoms with Crippen molar-refractivity contribution >= 4 is 23.6 Å². The summed E-state index contributed by atoms with van der Waals surface area (Å²) in [7, 11) is 1.61. The lowest BCUT2D eigenvalue weighted by Gasteiger charge is -2.32. The summed E-state index contributed by atoms with van der Waals surface area (Å²) in [6.45, 7) is 0.474. The molecule has 1 unspecified atom stereocenters. The minimum atomic E-state index is -1.19. The highest BCUT2D eigenvalue weighted by Gasteiger charge is 2.57. The third-order valence-electron chi connectivity index (χ3n) is 5.13. The van der Waals surface area contributed by atoms with E-state index in [1.807, 2.05) is 42.5 Å². The van der Waals surface area contributed by atoms with Gasteiger partial charge in [-0.2, -0.15) is 0 Å². The Morgan fingerprint density at radius 2 is 1.78 bits per heavy atom. The quantitative estimate of drug-likeness (QED) is 0.618. The average Bonchev–Trinajstić information content (AvgIpc) is 2.91. The third kappa shape index (κ3) is 2.94. The molecule has 2 aliphatic rings. The Balaban J connectivity index is 1.80. The Bertz CT molecular complexity index is 880. The van der Waals surface area contributed by atoms with E-state index in [9.17, 15) is 9.59 Å². The molecule has 2 saturated heterocycles. The average molecular weight is 363 g/mol. The number of amides is 2. The Labute approximate surface area is 158 Å². The van der Waals surface area contributed by atoms with Crippen LogP contribution in [0.15, 0.2) is 60.2 Å². The molecule has 2 aliphatic heterocycles. The minimum Gasteiger partial charge on any atom is -0.497 e. The SMILES string of the molecule is COc1ccc(/C=C2/C(=O)N(c3ccccc3)C(=O)C23CCCCO3)cc1. The highest BCUT2D eigenvalue weighted by Crippen LogP contribution is 2.42. The smallest absolute Gasteiger partial charge is 0.271 e. The molecule has 2 fully saturated rings. The predicted octanol–water partition coefficient (Wildman–Crippen LogP) is 3.59. The van der Waals surface area contributed by atoms with Crippen LogP contribution in [0, 0.1) is 0 Å². The fourth-order valence-corrected chi connectivity index (χ4v) is 3.71. The van der Waals surface area contributed by atoms with Gasteiger partial charge in [0.15, 0.2) is 5.60 Å². The van der Waals surface area contributed by atoms with Crippen molar-refractivity contribution in [3.05, 3.63) is 65.7 Å². The number of methoxy groups -OCH3 is 1. The monoisotopic (exact) mass is 363 g/mol. The zero-order chi connectivity index (χ0) is 18.9. The van der Waals surface area contributed by atoms with Gasteiger partial charge >= 0.3 is 0 Å². The van der Waals surface area contributed by atoms with Crippen molar-refractivity contribution in [3.63, 3.8) is 0 Å². The molecule has 0 bridgehead atoms. The van der Waals surface area contributed by atoms with Crippen molar-refractivity contribution in [3.8, 4) is 5.75 Å². The van der Waals surface area contributed by atoms with Gasteiger partial charge in [-0.25, -0.2) is 4.90 Å². The lowest BCUT2D eigenvalue weighted by Crippen LogP contribution is -2.45. The van der Waals surface area contributed by atoms with Gasteiger partial charge in [0, 0.05) is 6.61 Å². The highest BCUT2D eigenvalue weighted by atomic mass is 16.5. The van der Waals surface area contributed by atoms with Gasteiger partial charge in [-0.05, 0) is 55.2 Å². The van der Waals surface area contributed by atoms with Crippen molar-refractivity contribution in [2.45, 2.75) is 24.9 Å². The fraction of sp³-hybridized carbons (Fsp3) is 0.273. The number of imide groups is 1. The Morgan fingerprint density at radius 1 is 1.04 bits per heavy atom. The van der Waals surface area contributed by atoms with E-state index in [1.165, 1.54) is 4.90 Å². The first kappa shape index (κ1) is 17.5. The van der Waals surface area contributed by atoms with Crippen molar-refractivity contribution in [2.75, 3.05) is 18.6 Å². The van der Waals surface area contributed by atoms with Gasteiger partial charge in [-0.15, -0.1) is 0 Å². The van der Waals surface area contributed by atoms with E-state index in [0.29, 0.717) is 24.3 Å². The number of ether oxygens (including phenoxy) is 2. The molecule has 0 aliphatic carbocycles. The molecule has 0 N–H and O–H groups in total. The van der Waals surface area contributed by atoms with E-state index in [4.69, 9.17) is 9.47 Å². The summed E-state index contributed by atoms with van der Waals surface area (Å²) in [4.78, 5) is 27.8. The first-order valence-electron chi connectivity index (χ1n) is 9.10. The minimum absolute atomic E-state index is 0.293. The van der Waals surface area contributed by atoms with Crippen molar-refractivity contribution in [1.82, 2.24) is 0 Å². The molecule has 27 heavy (non-hydrogen) atoms. The normalized spacial score (nSPS) is 24.0. The first-order valence-corrected chi connectivity index (χ1v) is 9.10. The maximum Gasteiger partial charge on any atom is 0.271 e. The molecule has 1 atom stereocenters. The summed E-state index contributed by atoms with van der Waals surface area (Å²) in [5.74, 6) is 0.127. The second-order valence-electron chi connectivity index (χ2n) is 6.75. The summed E-state index contributed by atoms with van der Waals surface area (Å²) in [5, 5.41) is 0. The summed E-state index contributed by atoms with van der Waals surface area (Å²) in [6.07, 6.45) is 4.03. The van der Waals surface area contributed by atoms with Crippen molar-refractivity contribution < 1.29 is 19.1 Å². The zero-order valence-electron chi connectivity index (χ0n) is 15.2. The molecule has 0 radical (unpaired) electrons. The van der Waals surface area contributed by atoms with Crippen LogP contribution < -0.4 is 9.64 Å². The molecule has 138 valence electrons. The van der Waals surface area contributed by atoms with Crippen LogP contribution in [0.4, 0.5) is 5.69 Å². The van der Waals surface area contributed by atoms with Crippen LogP contribution in [-0.2, 0) is 14.3 Å². The van der Waals surface area contributed by atoms with Gasteiger partial charge in [-0.1, -0.05) is 30.3 Å². The number of hydrogen-bond donors (Lipinski definition) is 0. The Kier molecular flexibility index (Phi) is 4.54. The molecule has 2 heterocycles. The van der Waals surface area contributed by atoms with Gasteiger partial charge in [0.2, 0.25) is 0 Å². The number of nitrogens with zero attached hydrogens (tertiary/aromatic N) is 1. The number of benzene rings is 2. The molecule has 5 heteroatoms. The van der Waals surface area contributed by atoms with Crippen LogP contribution in [-0.4, -0.2) is 31.1 Å². The molecule has 1 spiro atoms. The molecule has 0 saturated carbocycles. The number of rotatable bonds is 3. The molecule has 2 aromatic rings. The van der Waals surface area contributed by atoms with E-state index in [1.54, 1.807) is 25.3 Å². The van der Waals surface area contributed by atoms with Gasteiger partial charge in [0.25, 0.3) is 11.8 Å². The van der Waals surface area contributed by atoms with E-state index < -0.39 is 5.60 Å². The molecular formula is C22H21NO4. The lowest BCUT2D eigenvalue weighted by atomic mass is 9.86. The number of carbonyl (C=O) groups excluding carboxylic acids is 2. The van der Waals surface area contributed by atoms with E-state index in [-0.39, 0.29) is 11.8 Å². The first-order chi connectivity index (χ1) is 13.2. The topological polar surface area (TPSA) is 55.8 Å². The molecular weight excluding hydrogens is 342 g/mol. The number of anilines is 1. The summed E-state index contributed by atoms with van der Waals surface area (Å²) < 4.78 is 11.2. The number of carbonyl (C=O) groups is 2. The number of hydrogen-bond acceptors (Lipinski definition) is 4. The van der Waals surface area contributed by atoms with Crippen LogP contribution in [0.5, 0.6) is 5.75 Å². The summed E-state index contributed by atoms with van der Waals surface area (Å²) in [6, 6.07) is 16.4. The van der Waals surface area contributed by atoms with E-state index in [0.717, 1.165) is 24.2 Å². The standard InChI is InChI=1S/C22H21NO4/c1-26-18-11-9-16(10-12-18)15-19-20(24)23(17-7-3-2-4-8-17)21(25)22(19)13-5-6-14-27-22/h2-4,7-12,15H,5-6,13-14H2,1H3/b19-15-.